The third-order valence-electron chi connectivity index (χ3n) is 7.22. The van der Waals surface area contributed by atoms with Crippen molar-refractivity contribution in [2.45, 2.75) is 78.1 Å². The van der Waals surface area contributed by atoms with E-state index in [-0.39, 0.29) is 41.7 Å². The normalized spacial score (nSPS) is 21.4. The van der Waals surface area contributed by atoms with Gasteiger partial charge in [-0.2, -0.15) is 0 Å². The summed E-state index contributed by atoms with van der Waals surface area (Å²) in [5.74, 6) is -0.647. The number of benzene rings is 1. The maximum absolute atomic E-state index is 13.6. The molecule has 200 valence electrons. The number of rotatable bonds is 8. The van der Waals surface area contributed by atoms with E-state index in [1.807, 2.05) is 64.4 Å². The summed E-state index contributed by atoms with van der Waals surface area (Å²) in [6.45, 7) is 10.1. The first kappa shape index (κ1) is 27.3. The van der Waals surface area contributed by atoms with E-state index >= 15 is 0 Å². The Kier molecular flexibility index (Phi) is 8.04. The fourth-order valence-corrected chi connectivity index (χ4v) is 5.75. The van der Waals surface area contributed by atoms with Gasteiger partial charge in [0, 0.05) is 6.42 Å². The second-order valence-corrected chi connectivity index (χ2v) is 12.1. The molecule has 2 heterocycles. The molecular formula is C28H38N4O4S. The molecule has 37 heavy (non-hydrogen) atoms. The predicted molar refractivity (Wildman–Crippen MR) is 144 cm³/mol. The number of aryl methyl sites for hydroxylation is 1. The summed E-state index contributed by atoms with van der Waals surface area (Å²) in [5.41, 5.74) is 4.55. The van der Waals surface area contributed by atoms with Crippen LogP contribution in [-0.4, -0.2) is 59.4 Å². The standard InChI is InChI=1S/C28H38N4O4S/c1-16(18-7-9-19(10-8-18)23-17(2)30-15-37-23)31-25(33)22-13-21(36-27(35)20-11-12-20)14-32(22)26(34)24(29-6)28(3,4)5/h7-10,15-16,20-22,24,29H,11-14H2,1-6H3,(H,31,33)/t16-,21+,22-,24+/m0/s1. The molecule has 4 atom stereocenters. The molecule has 9 heteroatoms. The molecule has 0 spiro atoms. The fraction of sp³-hybridized carbons (Fsp3) is 0.571. The van der Waals surface area contributed by atoms with E-state index in [0.29, 0.717) is 6.42 Å². The lowest BCUT2D eigenvalue weighted by Gasteiger charge is -2.34. The van der Waals surface area contributed by atoms with Gasteiger partial charge in [0.25, 0.3) is 0 Å². The minimum atomic E-state index is -0.704. The highest BCUT2D eigenvalue weighted by Crippen LogP contribution is 2.33. The molecule has 0 bridgehead atoms. The van der Waals surface area contributed by atoms with Crippen molar-refractivity contribution in [1.82, 2.24) is 20.5 Å². The molecular weight excluding hydrogens is 488 g/mol. The maximum Gasteiger partial charge on any atom is 0.309 e. The van der Waals surface area contributed by atoms with Gasteiger partial charge in [-0.25, -0.2) is 4.98 Å². The molecule has 8 nitrogen and oxygen atoms in total. The lowest BCUT2D eigenvalue weighted by atomic mass is 9.86. The zero-order chi connectivity index (χ0) is 26.9. The lowest BCUT2D eigenvalue weighted by molar-refractivity contribution is -0.151. The van der Waals surface area contributed by atoms with Crippen LogP contribution < -0.4 is 10.6 Å². The van der Waals surface area contributed by atoms with Gasteiger partial charge in [-0.1, -0.05) is 45.0 Å². The number of carbonyl (C=O) groups excluding carboxylic acids is 3. The number of likely N-dealkylation sites (N-methyl/N-ethyl adjacent to an activating group) is 1. The van der Waals surface area contributed by atoms with Crippen LogP contribution in [0.15, 0.2) is 29.8 Å². The molecule has 2 aromatic rings. The van der Waals surface area contributed by atoms with E-state index in [4.69, 9.17) is 4.74 Å². The van der Waals surface area contributed by atoms with Crippen LogP contribution in [0.2, 0.25) is 0 Å². The molecule has 0 unspecified atom stereocenters. The van der Waals surface area contributed by atoms with Crippen LogP contribution in [0.5, 0.6) is 0 Å². The molecule has 4 rings (SSSR count). The summed E-state index contributed by atoms with van der Waals surface area (Å²) in [6.07, 6.45) is 1.51. The second-order valence-electron chi connectivity index (χ2n) is 11.3. The number of thiazole rings is 1. The quantitative estimate of drug-likeness (QED) is 0.507. The number of ether oxygens (including phenoxy) is 1. The minimum Gasteiger partial charge on any atom is -0.460 e. The van der Waals surface area contributed by atoms with E-state index in [2.05, 4.69) is 15.6 Å². The van der Waals surface area contributed by atoms with Gasteiger partial charge in [0.1, 0.15) is 12.1 Å². The molecule has 1 aromatic carbocycles. The van der Waals surface area contributed by atoms with Crippen LogP contribution in [0.3, 0.4) is 0 Å². The van der Waals surface area contributed by atoms with Gasteiger partial charge in [-0.3, -0.25) is 14.4 Å². The summed E-state index contributed by atoms with van der Waals surface area (Å²) < 4.78 is 5.71. The van der Waals surface area contributed by atoms with E-state index in [9.17, 15) is 14.4 Å². The van der Waals surface area contributed by atoms with E-state index in [1.54, 1.807) is 23.3 Å². The van der Waals surface area contributed by atoms with Crippen LogP contribution in [-0.2, 0) is 19.1 Å². The Labute approximate surface area is 223 Å². The molecule has 1 saturated heterocycles. The zero-order valence-corrected chi connectivity index (χ0v) is 23.4. The molecule has 0 radical (unpaired) electrons. The Bertz CT molecular complexity index is 1140. The summed E-state index contributed by atoms with van der Waals surface area (Å²) in [6, 6.07) is 6.67. The highest BCUT2D eigenvalue weighted by molar-refractivity contribution is 7.13. The first-order valence-corrected chi connectivity index (χ1v) is 13.9. The number of amides is 2. The topological polar surface area (TPSA) is 101 Å². The van der Waals surface area contributed by atoms with Gasteiger partial charge in [0.15, 0.2) is 0 Å². The van der Waals surface area contributed by atoms with Crippen molar-refractivity contribution in [2.24, 2.45) is 11.3 Å². The Hall–Kier alpha value is -2.78. The van der Waals surface area contributed by atoms with Gasteiger partial charge < -0.3 is 20.3 Å². The second kappa shape index (κ2) is 10.9. The monoisotopic (exact) mass is 526 g/mol. The largest absolute Gasteiger partial charge is 0.460 e. The molecule has 1 saturated carbocycles. The number of likely N-dealkylation sites (tertiary alicyclic amines) is 1. The van der Waals surface area contributed by atoms with E-state index in [1.165, 1.54) is 0 Å². The Morgan fingerprint density at radius 2 is 1.84 bits per heavy atom. The molecule has 2 amide bonds. The number of nitrogens with one attached hydrogen (secondary N) is 2. The number of esters is 1. The van der Waals surface area contributed by atoms with Crippen LogP contribution in [0.1, 0.15) is 64.3 Å². The summed E-state index contributed by atoms with van der Waals surface area (Å²) in [5, 5.41) is 6.20. The number of hydrogen-bond donors (Lipinski definition) is 2. The van der Waals surface area contributed by atoms with Crippen LogP contribution in [0.25, 0.3) is 10.4 Å². The van der Waals surface area contributed by atoms with E-state index in [0.717, 1.165) is 34.5 Å². The summed E-state index contributed by atoms with van der Waals surface area (Å²) >= 11 is 1.60. The van der Waals surface area contributed by atoms with Crippen LogP contribution in [0.4, 0.5) is 0 Å². The number of carbonyl (C=O) groups is 3. The van der Waals surface area contributed by atoms with Crippen molar-refractivity contribution in [3.05, 3.63) is 41.0 Å². The summed E-state index contributed by atoms with van der Waals surface area (Å²) in [4.78, 5) is 46.5. The first-order valence-electron chi connectivity index (χ1n) is 13.0. The van der Waals surface area contributed by atoms with Crippen LogP contribution >= 0.6 is 11.3 Å². The van der Waals surface area contributed by atoms with Crippen molar-refractivity contribution in [1.29, 1.82) is 0 Å². The van der Waals surface area contributed by atoms with Crippen LogP contribution in [0, 0.1) is 18.3 Å². The SMILES string of the molecule is CN[C@H](C(=O)N1C[C@H](OC(=O)C2CC2)C[C@H]1C(=O)N[C@@H](C)c1ccc(-c2scnc2C)cc1)C(C)(C)C. The smallest absolute Gasteiger partial charge is 0.309 e. The van der Waals surface area contributed by atoms with Gasteiger partial charge in [-0.05, 0) is 50.3 Å². The van der Waals surface area contributed by atoms with E-state index < -0.39 is 18.2 Å². The third-order valence-corrected chi connectivity index (χ3v) is 8.20. The first-order chi connectivity index (χ1) is 17.5. The number of nitrogens with zero attached hydrogens (tertiary/aromatic N) is 2. The Morgan fingerprint density at radius 3 is 2.38 bits per heavy atom. The third kappa shape index (κ3) is 6.21. The van der Waals surface area contributed by atoms with Crippen molar-refractivity contribution < 1.29 is 19.1 Å². The molecule has 2 aliphatic rings. The van der Waals surface area contributed by atoms with Gasteiger partial charge in [0.05, 0.1) is 40.6 Å². The molecule has 1 aromatic heterocycles. The fourth-order valence-electron chi connectivity index (χ4n) is 4.94. The molecule has 1 aliphatic heterocycles. The Morgan fingerprint density at radius 1 is 1.16 bits per heavy atom. The van der Waals surface area contributed by atoms with Crippen molar-refractivity contribution in [2.75, 3.05) is 13.6 Å². The molecule has 1 aliphatic carbocycles. The average Bonchev–Trinajstić information content (AvgIpc) is 3.48. The Balaban J connectivity index is 1.48. The van der Waals surface area contributed by atoms with Gasteiger partial charge >= 0.3 is 5.97 Å². The maximum atomic E-state index is 13.6. The highest BCUT2D eigenvalue weighted by atomic mass is 32.1. The zero-order valence-electron chi connectivity index (χ0n) is 22.5. The van der Waals surface area contributed by atoms with Crippen molar-refractivity contribution >= 4 is 29.1 Å². The van der Waals surface area contributed by atoms with Gasteiger partial charge in [0.2, 0.25) is 11.8 Å². The molecule has 2 N–H and O–H groups in total. The summed E-state index contributed by atoms with van der Waals surface area (Å²) in [7, 11) is 1.75. The molecule has 2 fully saturated rings. The number of aromatic nitrogens is 1. The predicted octanol–water partition coefficient (Wildman–Crippen LogP) is 3.85. The lowest BCUT2D eigenvalue weighted by Crippen LogP contribution is -2.56. The highest BCUT2D eigenvalue weighted by Gasteiger charge is 2.46. The van der Waals surface area contributed by atoms with Gasteiger partial charge in [-0.15, -0.1) is 11.3 Å². The average molecular weight is 527 g/mol. The van der Waals surface area contributed by atoms with Crippen molar-refractivity contribution in [3.63, 3.8) is 0 Å². The minimum absolute atomic E-state index is 0.0339. The van der Waals surface area contributed by atoms with Crippen molar-refractivity contribution in [3.8, 4) is 10.4 Å². The number of hydrogen-bond acceptors (Lipinski definition) is 7.